The van der Waals surface area contributed by atoms with Crippen molar-refractivity contribution in [2.24, 2.45) is 11.8 Å². The quantitative estimate of drug-likeness (QED) is 0.647. The van der Waals surface area contributed by atoms with E-state index in [-0.39, 0.29) is 11.7 Å². The van der Waals surface area contributed by atoms with E-state index >= 15 is 0 Å². The van der Waals surface area contributed by atoms with Crippen molar-refractivity contribution < 1.29 is 9.90 Å². The van der Waals surface area contributed by atoms with Gasteiger partial charge in [-0.15, -0.1) is 0 Å². The van der Waals surface area contributed by atoms with Crippen LogP contribution in [0.2, 0.25) is 0 Å². The molecule has 2 atom stereocenters. The van der Waals surface area contributed by atoms with Crippen molar-refractivity contribution in [3.05, 3.63) is 41.6 Å². The minimum Gasteiger partial charge on any atom is -0.508 e. The summed E-state index contributed by atoms with van der Waals surface area (Å²) in [5.41, 5.74) is 3.55. The number of aromatic hydroxyl groups is 1. The molecule has 2 aliphatic rings. The van der Waals surface area contributed by atoms with Crippen molar-refractivity contribution in [3.8, 4) is 17.0 Å². The third-order valence-corrected chi connectivity index (χ3v) is 5.78. The Bertz CT molecular complexity index is 1010. The Morgan fingerprint density at radius 2 is 1.89 bits per heavy atom. The highest BCUT2D eigenvalue weighted by molar-refractivity contribution is 6.07. The molecule has 0 aliphatic carbocycles. The highest BCUT2D eigenvalue weighted by atomic mass is 16.3. The van der Waals surface area contributed by atoms with Crippen LogP contribution in [0.15, 0.2) is 30.3 Å². The minimum absolute atomic E-state index is 0.0429. The van der Waals surface area contributed by atoms with Crippen LogP contribution in [0.25, 0.3) is 22.3 Å². The maximum atomic E-state index is 13.4. The Balaban J connectivity index is 1.58. The third-order valence-electron chi connectivity index (χ3n) is 5.78. The number of aryl methyl sites for hydroxylation is 1. The lowest BCUT2D eigenvalue weighted by Crippen LogP contribution is -2.32. The van der Waals surface area contributed by atoms with Crippen LogP contribution in [0.3, 0.4) is 0 Å². The number of pyridine rings is 1. The minimum atomic E-state index is 0.0429. The number of aromatic amines is 1. The molecule has 5 rings (SSSR count). The summed E-state index contributed by atoms with van der Waals surface area (Å²) in [4.78, 5) is 20.0. The van der Waals surface area contributed by atoms with Crippen LogP contribution in [0.4, 0.5) is 0 Å². The maximum absolute atomic E-state index is 13.4. The molecule has 138 valence electrons. The third kappa shape index (κ3) is 2.66. The number of carbonyl (C=O) groups is 1. The summed E-state index contributed by atoms with van der Waals surface area (Å²) in [5.74, 6) is 1.34. The van der Waals surface area contributed by atoms with E-state index in [1.807, 2.05) is 17.9 Å². The molecule has 1 amide bonds. The smallest absolute Gasteiger partial charge is 0.254 e. The molecule has 7 nitrogen and oxygen atoms in total. The van der Waals surface area contributed by atoms with Crippen molar-refractivity contribution in [2.75, 3.05) is 26.2 Å². The molecular weight excluding hydrogens is 342 g/mol. The predicted molar refractivity (Wildman–Crippen MR) is 101 cm³/mol. The normalized spacial score (nSPS) is 21.7. The number of hydrogen-bond acceptors (Lipinski definition) is 5. The molecule has 4 heterocycles. The predicted octanol–water partition coefficient (Wildman–Crippen LogP) is 1.93. The van der Waals surface area contributed by atoms with Gasteiger partial charge in [0.2, 0.25) is 0 Å². The van der Waals surface area contributed by atoms with Gasteiger partial charge in [0.25, 0.3) is 5.91 Å². The second kappa shape index (κ2) is 6.06. The number of phenolic OH excluding ortho intramolecular Hbond substituents is 1. The first-order valence-corrected chi connectivity index (χ1v) is 9.25. The fourth-order valence-electron chi connectivity index (χ4n) is 4.32. The van der Waals surface area contributed by atoms with Gasteiger partial charge in [0, 0.05) is 37.4 Å². The second-order valence-corrected chi connectivity index (χ2v) is 7.54. The number of benzene rings is 1. The zero-order valence-electron chi connectivity index (χ0n) is 15.1. The number of H-pyrrole nitrogens is 1. The summed E-state index contributed by atoms with van der Waals surface area (Å²) in [6.07, 6.45) is 0. The molecule has 7 heteroatoms. The van der Waals surface area contributed by atoms with E-state index in [9.17, 15) is 9.90 Å². The monoisotopic (exact) mass is 363 g/mol. The number of amides is 1. The molecule has 3 N–H and O–H groups in total. The van der Waals surface area contributed by atoms with E-state index in [0.717, 1.165) is 42.8 Å². The molecule has 2 fully saturated rings. The summed E-state index contributed by atoms with van der Waals surface area (Å²) in [5, 5.41) is 21.0. The Kier molecular flexibility index (Phi) is 3.65. The number of phenols is 1. The lowest BCUT2D eigenvalue weighted by molar-refractivity contribution is 0.0783. The maximum Gasteiger partial charge on any atom is 0.254 e. The van der Waals surface area contributed by atoms with Crippen LogP contribution < -0.4 is 5.32 Å². The zero-order valence-corrected chi connectivity index (χ0v) is 15.1. The Morgan fingerprint density at radius 1 is 1.19 bits per heavy atom. The Morgan fingerprint density at radius 3 is 2.59 bits per heavy atom. The number of nitrogens with one attached hydrogen (secondary N) is 2. The Hall–Kier alpha value is -2.93. The summed E-state index contributed by atoms with van der Waals surface area (Å²) in [6, 6.07) is 8.68. The molecule has 2 aromatic heterocycles. The number of hydrogen-bond donors (Lipinski definition) is 3. The topological polar surface area (TPSA) is 94.1 Å². The number of nitrogens with zero attached hydrogens (tertiary/aromatic N) is 3. The van der Waals surface area contributed by atoms with Crippen molar-refractivity contribution in [1.29, 1.82) is 0 Å². The van der Waals surface area contributed by atoms with Gasteiger partial charge in [0.1, 0.15) is 5.75 Å². The van der Waals surface area contributed by atoms with Crippen LogP contribution in [-0.4, -0.2) is 57.3 Å². The average Bonchev–Trinajstić information content (AvgIpc) is 3.36. The lowest BCUT2D eigenvalue weighted by Gasteiger charge is -2.18. The van der Waals surface area contributed by atoms with Crippen LogP contribution in [0.5, 0.6) is 5.75 Å². The van der Waals surface area contributed by atoms with Gasteiger partial charge in [-0.1, -0.05) is 0 Å². The molecule has 0 spiro atoms. The van der Waals surface area contributed by atoms with Gasteiger partial charge in [0.05, 0.1) is 16.6 Å². The average molecular weight is 363 g/mol. The van der Waals surface area contributed by atoms with E-state index in [1.54, 1.807) is 24.3 Å². The van der Waals surface area contributed by atoms with Crippen molar-refractivity contribution in [3.63, 3.8) is 0 Å². The van der Waals surface area contributed by atoms with E-state index in [4.69, 9.17) is 0 Å². The largest absolute Gasteiger partial charge is 0.508 e. The van der Waals surface area contributed by atoms with Gasteiger partial charge in [-0.05, 0) is 49.1 Å². The lowest BCUT2D eigenvalue weighted by atomic mass is 10.0. The highest BCUT2D eigenvalue weighted by Crippen LogP contribution is 2.31. The summed E-state index contributed by atoms with van der Waals surface area (Å²) >= 11 is 0. The van der Waals surface area contributed by atoms with E-state index in [2.05, 4.69) is 20.5 Å². The standard InChI is InChI=1S/C20H21N5O2/c1-11-18-16(20(27)25-9-13-7-21-8-14(13)10-25)6-17(22-19(18)24-23-11)12-2-4-15(26)5-3-12/h2-6,13-14,21,26H,7-10H2,1H3,(H,22,23,24)/t13-,14+. The molecule has 27 heavy (non-hydrogen) atoms. The van der Waals surface area contributed by atoms with Crippen molar-refractivity contribution in [2.45, 2.75) is 6.92 Å². The van der Waals surface area contributed by atoms with E-state index in [0.29, 0.717) is 28.7 Å². The van der Waals surface area contributed by atoms with Gasteiger partial charge in [-0.25, -0.2) is 4.98 Å². The summed E-state index contributed by atoms with van der Waals surface area (Å²) < 4.78 is 0. The molecule has 2 aliphatic heterocycles. The number of carbonyl (C=O) groups excluding carboxylic acids is 1. The summed E-state index contributed by atoms with van der Waals surface area (Å²) in [7, 11) is 0. The van der Waals surface area contributed by atoms with Gasteiger partial charge < -0.3 is 15.3 Å². The summed E-state index contributed by atoms with van der Waals surface area (Å²) in [6.45, 7) is 5.49. The van der Waals surface area contributed by atoms with Crippen LogP contribution in [0, 0.1) is 18.8 Å². The zero-order chi connectivity index (χ0) is 18.5. The molecule has 1 aromatic carbocycles. The second-order valence-electron chi connectivity index (χ2n) is 7.54. The van der Waals surface area contributed by atoms with Crippen LogP contribution in [0.1, 0.15) is 16.1 Å². The number of fused-ring (bicyclic) bond motifs is 2. The number of rotatable bonds is 2. The molecular formula is C20H21N5O2. The fraction of sp³-hybridized carbons (Fsp3) is 0.350. The van der Waals surface area contributed by atoms with E-state index < -0.39 is 0 Å². The fourth-order valence-corrected chi connectivity index (χ4v) is 4.32. The molecule has 3 aromatic rings. The van der Waals surface area contributed by atoms with Gasteiger partial charge in [-0.2, -0.15) is 5.10 Å². The Labute approximate surface area is 156 Å². The van der Waals surface area contributed by atoms with Gasteiger partial charge >= 0.3 is 0 Å². The molecule has 2 saturated heterocycles. The number of likely N-dealkylation sites (tertiary alicyclic amines) is 1. The molecule has 0 bridgehead atoms. The van der Waals surface area contributed by atoms with Gasteiger partial charge in [0.15, 0.2) is 5.65 Å². The molecule has 0 unspecified atom stereocenters. The van der Waals surface area contributed by atoms with Crippen molar-refractivity contribution in [1.82, 2.24) is 25.4 Å². The van der Waals surface area contributed by atoms with Crippen molar-refractivity contribution >= 4 is 16.9 Å². The first-order valence-electron chi connectivity index (χ1n) is 9.25. The number of aromatic nitrogens is 3. The highest BCUT2D eigenvalue weighted by Gasteiger charge is 2.38. The molecule has 0 saturated carbocycles. The SMILES string of the molecule is Cc1[nH]nc2nc(-c3ccc(O)cc3)cc(C(=O)N3C[C@H]4CNC[C@H]4C3)c12. The first-order chi connectivity index (χ1) is 13.1. The first kappa shape index (κ1) is 16.3. The van der Waals surface area contributed by atoms with Crippen LogP contribution >= 0.6 is 0 Å². The van der Waals surface area contributed by atoms with Gasteiger partial charge in [-0.3, -0.25) is 9.89 Å². The van der Waals surface area contributed by atoms with Crippen LogP contribution in [-0.2, 0) is 0 Å². The van der Waals surface area contributed by atoms with E-state index in [1.165, 1.54) is 0 Å². The molecule has 0 radical (unpaired) electrons.